The number of carboxylic acid groups (broad SMARTS) is 1. The highest BCUT2D eigenvalue weighted by Crippen LogP contribution is 2.29. The summed E-state index contributed by atoms with van der Waals surface area (Å²) < 4.78 is 1.75. The quantitative estimate of drug-likeness (QED) is 0.915. The number of aromatic nitrogens is 1. The van der Waals surface area contributed by atoms with Crippen LogP contribution >= 0.6 is 0 Å². The molecule has 0 bridgehead atoms. The number of benzene rings is 1. The molecule has 0 radical (unpaired) electrons. The topological polar surface area (TPSA) is 62.5 Å². The zero-order valence-electron chi connectivity index (χ0n) is 11.7. The summed E-state index contributed by atoms with van der Waals surface area (Å²) in [4.78, 5) is 25.7. The van der Waals surface area contributed by atoms with Crippen molar-refractivity contribution in [3.05, 3.63) is 59.4 Å². The molecule has 0 unspecified atom stereocenters. The lowest BCUT2D eigenvalue weighted by Crippen LogP contribution is -2.41. The zero-order valence-corrected chi connectivity index (χ0v) is 11.7. The summed E-state index contributed by atoms with van der Waals surface area (Å²) in [6.07, 6.45) is 1.81. The Morgan fingerprint density at radius 3 is 2.62 bits per heavy atom. The van der Waals surface area contributed by atoms with E-state index in [1.807, 2.05) is 24.3 Å². The fourth-order valence-corrected chi connectivity index (χ4v) is 2.82. The van der Waals surface area contributed by atoms with Gasteiger partial charge in [-0.2, -0.15) is 0 Å². The number of carboxylic acids is 1. The van der Waals surface area contributed by atoms with Gasteiger partial charge in [0, 0.05) is 26.3 Å². The second-order valence-electron chi connectivity index (χ2n) is 5.28. The molecule has 1 aliphatic heterocycles. The van der Waals surface area contributed by atoms with E-state index in [0.717, 1.165) is 11.1 Å². The van der Waals surface area contributed by atoms with E-state index in [1.165, 1.54) is 0 Å². The summed E-state index contributed by atoms with van der Waals surface area (Å²) in [7, 11) is 1.81. The van der Waals surface area contributed by atoms with E-state index in [4.69, 9.17) is 0 Å². The number of fused-ring (bicyclic) bond motifs is 1. The van der Waals surface area contributed by atoms with Gasteiger partial charge in [-0.05, 0) is 23.3 Å². The van der Waals surface area contributed by atoms with Crippen LogP contribution in [-0.2, 0) is 18.4 Å². The molecular formula is C16H16N2O3. The minimum atomic E-state index is -0.896. The molecule has 0 aliphatic carbocycles. The van der Waals surface area contributed by atoms with Gasteiger partial charge in [-0.1, -0.05) is 24.3 Å². The van der Waals surface area contributed by atoms with Crippen LogP contribution in [0.5, 0.6) is 0 Å². The predicted molar refractivity (Wildman–Crippen MR) is 77.0 cm³/mol. The monoisotopic (exact) mass is 284 g/mol. The Bertz CT molecular complexity index is 705. The average Bonchev–Trinajstić information content (AvgIpc) is 2.91. The second-order valence-corrected chi connectivity index (χ2v) is 5.28. The van der Waals surface area contributed by atoms with Crippen LogP contribution in [0.25, 0.3) is 0 Å². The van der Waals surface area contributed by atoms with Crippen molar-refractivity contribution in [1.29, 1.82) is 0 Å². The van der Waals surface area contributed by atoms with Crippen LogP contribution in [0.3, 0.4) is 0 Å². The minimum Gasteiger partial charge on any atom is -0.481 e. The molecule has 1 aromatic carbocycles. The van der Waals surface area contributed by atoms with Crippen molar-refractivity contribution in [2.75, 3.05) is 6.54 Å². The van der Waals surface area contributed by atoms with E-state index in [9.17, 15) is 14.7 Å². The van der Waals surface area contributed by atoms with Crippen LogP contribution in [0, 0.1) is 0 Å². The van der Waals surface area contributed by atoms with Gasteiger partial charge in [0.25, 0.3) is 5.91 Å². The van der Waals surface area contributed by atoms with Gasteiger partial charge in [0.1, 0.15) is 5.69 Å². The standard InChI is InChI=1S/C16H16N2O3/c1-17-8-4-7-14(17)15(19)18-9-11-5-2-3-6-12(11)13(10-18)16(20)21/h2-8,13H,9-10H2,1H3,(H,20,21)/t13-/m1/s1. The lowest BCUT2D eigenvalue weighted by molar-refractivity contribution is -0.139. The molecule has 21 heavy (non-hydrogen) atoms. The lowest BCUT2D eigenvalue weighted by Gasteiger charge is -2.32. The van der Waals surface area contributed by atoms with E-state index in [2.05, 4.69) is 0 Å². The molecule has 1 N–H and O–H groups in total. The van der Waals surface area contributed by atoms with Gasteiger partial charge in [-0.25, -0.2) is 0 Å². The first-order valence-corrected chi connectivity index (χ1v) is 6.79. The molecule has 0 saturated heterocycles. The molecular weight excluding hydrogens is 268 g/mol. The third-order valence-electron chi connectivity index (χ3n) is 3.94. The summed E-state index contributed by atoms with van der Waals surface area (Å²) in [5.74, 6) is -1.70. The first-order valence-electron chi connectivity index (χ1n) is 6.79. The fourth-order valence-electron chi connectivity index (χ4n) is 2.82. The van der Waals surface area contributed by atoms with Crippen LogP contribution < -0.4 is 0 Å². The van der Waals surface area contributed by atoms with Crippen molar-refractivity contribution in [3.63, 3.8) is 0 Å². The highest BCUT2D eigenvalue weighted by Gasteiger charge is 2.33. The number of aryl methyl sites for hydroxylation is 1. The van der Waals surface area contributed by atoms with E-state index in [-0.39, 0.29) is 12.5 Å². The van der Waals surface area contributed by atoms with E-state index in [1.54, 1.807) is 34.8 Å². The number of amides is 1. The SMILES string of the molecule is Cn1cccc1C(=O)N1Cc2ccccc2[C@H](C(=O)O)C1. The summed E-state index contributed by atoms with van der Waals surface area (Å²) in [6.45, 7) is 0.653. The Kier molecular flexibility index (Phi) is 3.25. The second kappa shape index (κ2) is 5.09. The minimum absolute atomic E-state index is 0.136. The molecule has 5 nitrogen and oxygen atoms in total. The fraction of sp³-hybridized carbons (Fsp3) is 0.250. The molecule has 1 atom stereocenters. The highest BCUT2D eigenvalue weighted by molar-refractivity contribution is 5.93. The van der Waals surface area contributed by atoms with Crippen LogP contribution in [-0.4, -0.2) is 33.0 Å². The van der Waals surface area contributed by atoms with E-state index >= 15 is 0 Å². The van der Waals surface area contributed by atoms with Gasteiger partial charge in [0.05, 0.1) is 5.92 Å². The van der Waals surface area contributed by atoms with Crippen LogP contribution in [0.4, 0.5) is 0 Å². The Balaban J connectivity index is 1.95. The zero-order chi connectivity index (χ0) is 15.0. The van der Waals surface area contributed by atoms with Crippen molar-refractivity contribution < 1.29 is 14.7 Å². The predicted octanol–water partition coefficient (Wildman–Crippen LogP) is 1.85. The first-order chi connectivity index (χ1) is 10.1. The van der Waals surface area contributed by atoms with Crippen molar-refractivity contribution in [2.45, 2.75) is 12.5 Å². The van der Waals surface area contributed by atoms with Crippen molar-refractivity contribution >= 4 is 11.9 Å². The summed E-state index contributed by atoms with van der Waals surface area (Å²) >= 11 is 0. The van der Waals surface area contributed by atoms with E-state index in [0.29, 0.717) is 12.2 Å². The highest BCUT2D eigenvalue weighted by atomic mass is 16.4. The normalized spacial score (nSPS) is 17.4. The number of carbonyl (C=O) groups is 2. The van der Waals surface area contributed by atoms with Crippen molar-refractivity contribution in [1.82, 2.24) is 9.47 Å². The molecule has 1 aliphatic rings. The molecule has 5 heteroatoms. The number of carbonyl (C=O) groups excluding carboxylic acids is 1. The van der Waals surface area contributed by atoms with Gasteiger partial charge < -0.3 is 14.6 Å². The van der Waals surface area contributed by atoms with Gasteiger partial charge in [-0.3, -0.25) is 9.59 Å². The molecule has 108 valence electrons. The Hall–Kier alpha value is -2.56. The van der Waals surface area contributed by atoms with Gasteiger partial charge in [-0.15, -0.1) is 0 Å². The van der Waals surface area contributed by atoms with Crippen LogP contribution in [0.15, 0.2) is 42.6 Å². The number of hydrogen-bond donors (Lipinski definition) is 1. The average molecular weight is 284 g/mol. The third kappa shape index (κ3) is 2.31. The maximum Gasteiger partial charge on any atom is 0.312 e. The summed E-state index contributed by atoms with van der Waals surface area (Å²) in [6, 6.07) is 11.0. The van der Waals surface area contributed by atoms with Gasteiger partial charge in [0.2, 0.25) is 0 Å². The Morgan fingerprint density at radius 1 is 1.19 bits per heavy atom. The lowest BCUT2D eigenvalue weighted by atomic mass is 9.89. The first kappa shape index (κ1) is 13.4. The largest absolute Gasteiger partial charge is 0.481 e. The number of nitrogens with zero attached hydrogens (tertiary/aromatic N) is 2. The molecule has 1 aromatic heterocycles. The maximum atomic E-state index is 12.6. The van der Waals surface area contributed by atoms with E-state index < -0.39 is 11.9 Å². The van der Waals surface area contributed by atoms with Crippen molar-refractivity contribution in [2.24, 2.45) is 7.05 Å². The van der Waals surface area contributed by atoms with Crippen LogP contribution in [0.2, 0.25) is 0 Å². The molecule has 0 saturated carbocycles. The van der Waals surface area contributed by atoms with Crippen LogP contribution in [0.1, 0.15) is 27.5 Å². The van der Waals surface area contributed by atoms with Crippen molar-refractivity contribution in [3.8, 4) is 0 Å². The molecule has 3 rings (SSSR count). The third-order valence-corrected chi connectivity index (χ3v) is 3.94. The number of hydrogen-bond acceptors (Lipinski definition) is 2. The molecule has 1 amide bonds. The smallest absolute Gasteiger partial charge is 0.312 e. The number of aliphatic carboxylic acids is 1. The molecule has 0 fully saturated rings. The Morgan fingerprint density at radius 2 is 1.95 bits per heavy atom. The summed E-state index contributed by atoms with van der Waals surface area (Å²) in [5, 5.41) is 9.43. The number of rotatable bonds is 2. The Labute approximate surface area is 122 Å². The van der Waals surface area contributed by atoms with Gasteiger partial charge >= 0.3 is 5.97 Å². The molecule has 2 heterocycles. The summed E-state index contributed by atoms with van der Waals surface area (Å²) in [5.41, 5.74) is 2.28. The maximum absolute atomic E-state index is 12.6. The molecule has 2 aromatic rings. The molecule has 0 spiro atoms. The van der Waals surface area contributed by atoms with Gasteiger partial charge in [0.15, 0.2) is 0 Å².